The Bertz CT molecular complexity index is 944. The Morgan fingerprint density at radius 2 is 1.63 bits per heavy atom. The molecular weight excluding hydrogens is 402 g/mol. The Morgan fingerprint density at radius 3 is 2.22 bits per heavy atom. The average Bonchev–Trinajstić information content (AvgIpc) is 3.18. The summed E-state index contributed by atoms with van der Waals surface area (Å²) < 4.78 is 5.06. The number of benzene rings is 2. The number of hydrogen-bond acceptors (Lipinski definition) is 4. The van der Waals surface area contributed by atoms with E-state index in [0.29, 0.717) is 15.8 Å². The summed E-state index contributed by atoms with van der Waals surface area (Å²) in [5, 5.41) is 10.0. The third-order valence-corrected chi connectivity index (χ3v) is 4.98. The summed E-state index contributed by atoms with van der Waals surface area (Å²) in [6, 6.07) is 16.1. The first kappa shape index (κ1) is 19.3. The van der Waals surface area contributed by atoms with E-state index in [0.717, 1.165) is 16.3 Å². The summed E-state index contributed by atoms with van der Waals surface area (Å²) >= 11 is 13.1. The molecule has 1 heterocycles. The number of thiocarbonyl (C=S) groups is 1. The lowest BCUT2D eigenvalue weighted by atomic mass is 10.2. The van der Waals surface area contributed by atoms with Crippen LogP contribution in [0.1, 0.15) is 10.6 Å². The van der Waals surface area contributed by atoms with Crippen molar-refractivity contribution in [3.8, 4) is 0 Å². The maximum Gasteiger partial charge on any atom is 0.291 e. The Morgan fingerprint density at radius 1 is 1.00 bits per heavy atom. The molecule has 0 unspecified atom stereocenters. The van der Waals surface area contributed by atoms with Crippen molar-refractivity contribution < 1.29 is 9.21 Å². The summed E-state index contributed by atoms with van der Waals surface area (Å²) in [6.45, 7) is 0. The van der Waals surface area contributed by atoms with E-state index in [1.54, 1.807) is 36.0 Å². The maximum absolute atomic E-state index is 12.0. The molecule has 0 fully saturated rings. The van der Waals surface area contributed by atoms with E-state index in [4.69, 9.17) is 28.2 Å². The molecule has 1 aromatic heterocycles. The smallest absolute Gasteiger partial charge is 0.291 e. The zero-order valence-corrected chi connectivity index (χ0v) is 16.7. The lowest BCUT2D eigenvalue weighted by molar-refractivity contribution is 0.0996. The molecule has 3 rings (SSSR count). The number of hydrogen-bond donors (Lipinski definition) is 3. The minimum atomic E-state index is -0.302. The lowest BCUT2D eigenvalue weighted by Gasteiger charge is -2.12. The Labute approximate surface area is 171 Å². The maximum atomic E-state index is 12.0. The fourth-order valence-electron chi connectivity index (χ4n) is 2.27. The van der Waals surface area contributed by atoms with Gasteiger partial charge >= 0.3 is 0 Å². The number of rotatable bonds is 5. The van der Waals surface area contributed by atoms with E-state index in [-0.39, 0.29) is 11.7 Å². The van der Waals surface area contributed by atoms with Crippen molar-refractivity contribution in [2.75, 3.05) is 22.2 Å². The van der Waals surface area contributed by atoms with Crippen LogP contribution in [0.15, 0.2) is 70.2 Å². The van der Waals surface area contributed by atoms with E-state index in [2.05, 4.69) is 16.0 Å². The highest BCUT2D eigenvalue weighted by Crippen LogP contribution is 2.28. The van der Waals surface area contributed by atoms with Crippen LogP contribution < -0.4 is 16.0 Å². The molecular formula is C19H16ClN3O2S2. The van der Waals surface area contributed by atoms with Gasteiger partial charge in [0.15, 0.2) is 10.9 Å². The number of thioether (sulfide) groups is 1. The predicted molar refractivity (Wildman–Crippen MR) is 116 cm³/mol. The number of carbonyl (C=O) groups is 1. The van der Waals surface area contributed by atoms with E-state index in [1.165, 1.54) is 6.26 Å². The summed E-state index contributed by atoms with van der Waals surface area (Å²) in [5.41, 5.74) is 2.24. The van der Waals surface area contributed by atoms with Crippen molar-refractivity contribution in [3.63, 3.8) is 0 Å². The first-order valence-electron chi connectivity index (χ1n) is 7.91. The predicted octanol–water partition coefficient (Wildman–Crippen LogP) is 5.72. The highest BCUT2D eigenvalue weighted by Gasteiger charge is 2.08. The van der Waals surface area contributed by atoms with Crippen LogP contribution >= 0.6 is 35.6 Å². The molecule has 0 aliphatic carbocycles. The topological polar surface area (TPSA) is 66.3 Å². The van der Waals surface area contributed by atoms with Gasteiger partial charge < -0.3 is 20.4 Å². The standard InChI is InChI=1S/C19H16ClN3O2S2/c1-27-17-9-8-14(11-15(17)20)23-19(26)22-13-6-4-12(5-7-13)21-18(24)16-3-2-10-25-16/h2-11H,1H3,(H,21,24)(H2,22,23,26). The van der Waals surface area contributed by atoms with Gasteiger partial charge in [-0.3, -0.25) is 4.79 Å². The van der Waals surface area contributed by atoms with Gasteiger partial charge in [-0.05, 0) is 73.1 Å². The van der Waals surface area contributed by atoms with Gasteiger partial charge in [-0.15, -0.1) is 11.8 Å². The molecule has 0 spiro atoms. The third-order valence-electron chi connectivity index (χ3n) is 3.56. The normalized spacial score (nSPS) is 10.3. The molecule has 0 bridgehead atoms. The fourth-order valence-corrected chi connectivity index (χ4v) is 3.38. The van der Waals surface area contributed by atoms with Gasteiger partial charge in [-0.1, -0.05) is 11.6 Å². The van der Waals surface area contributed by atoms with Gasteiger partial charge in [0.05, 0.1) is 11.3 Å². The molecule has 3 aromatic rings. The molecule has 8 heteroatoms. The average molecular weight is 418 g/mol. The highest BCUT2D eigenvalue weighted by molar-refractivity contribution is 7.98. The Hall–Kier alpha value is -2.48. The molecule has 0 saturated carbocycles. The van der Waals surface area contributed by atoms with Crippen LogP contribution in [0, 0.1) is 0 Å². The number of furan rings is 1. The Balaban J connectivity index is 1.57. The summed E-state index contributed by atoms with van der Waals surface area (Å²) in [5.74, 6) is -0.0443. The first-order chi connectivity index (χ1) is 13.0. The number of nitrogens with one attached hydrogen (secondary N) is 3. The summed E-state index contributed by atoms with van der Waals surface area (Å²) in [6.07, 6.45) is 3.43. The van der Waals surface area contributed by atoms with Crippen LogP contribution in [-0.2, 0) is 0 Å². The molecule has 27 heavy (non-hydrogen) atoms. The van der Waals surface area contributed by atoms with Crippen molar-refractivity contribution in [2.24, 2.45) is 0 Å². The van der Waals surface area contributed by atoms with Crippen LogP contribution in [0.2, 0.25) is 5.02 Å². The monoisotopic (exact) mass is 417 g/mol. The van der Waals surface area contributed by atoms with Crippen molar-refractivity contribution in [1.82, 2.24) is 0 Å². The van der Waals surface area contributed by atoms with E-state index < -0.39 is 0 Å². The molecule has 2 aromatic carbocycles. The minimum Gasteiger partial charge on any atom is -0.459 e. The molecule has 0 saturated heterocycles. The lowest BCUT2D eigenvalue weighted by Crippen LogP contribution is -2.19. The first-order valence-corrected chi connectivity index (χ1v) is 9.93. The van der Waals surface area contributed by atoms with Crippen molar-refractivity contribution in [1.29, 1.82) is 0 Å². The zero-order valence-electron chi connectivity index (χ0n) is 14.3. The number of halogens is 1. The van der Waals surface area contributed by atoms with Crippen LogP contribution in [0.25, 0.3) is 0 Å². The Kier molecular flexibility index (Phi) is 6.39. The van der Waals surface area contributed by atoms with Gasteiger partial charge in [-0.25, -0.2) is 0 Å². The second-order valence-corrected chi connectivity index (χ2v) is 7.10. The largest absolute Gasteiger partial charge is 0.459 e. The van der Waals surface area contributed by atoms with E-state index >= 15 is 0 Å². The van der Waals surface area contributed by atoms with Crippen molar-refractivity contribution in [2.45, 2.75) is 4.90 Å². The molecule has 0 aliphatic rings. The van der Waals surface area contributed by atoms with E-state index in [9.17, 15) is 4.79 Å². The second kappa shape index (κ2) is 8.94. The second-order valence-electron chi connectivity index (χ2n) is 5.44. The van der Waals surface area contributed by atoms with Crippen molar-refractivity contribution >= 4 is 63.7 Å². The van der Waals surface area contributed by atoms with Crippen LogP contribution in [0.4, 0.5) is 17.1 Å². The summed E-state index contributed by atoms with van der Waals surface area (Å²) in [7, 11) is 0. The van der Waals surface area contributed by atoms with Crippen LogP contribution in [-0.4, -0.2) is 17.3 Å². The molecule has 3 N–H and O–H groups in total. The highest BCUT2D eigenvalue weighted by atomic mass is 35.5. The van der Waals surface area contributed by atoms with Gasteiger partial charge in [0, 0.05) is 22.0 Å². The van der Waals surface area contributed by atoms with Crippen LogP contribution in [0.5, 0.6) is 0 Å². The number of carbonyl (C=O) groups excluding carboxylic acids is 1. The molecule has 1 amide bonds. The molecule has 138 valence electrons. The number of amides is 1. The van der Waals surface area contributed by atoms with Crippen LogP contribution in [0.3, 0.4) is 0 Å². The van der Waals surface area contributed by atoms with Gasteiger partial charge in [0.2, 0.25) is 0 Å². The quantitative estimate of drug-likeness (QED) is 0.364. The van der Waals surface area contributed by atoms with Gasteiger partial charge in [0.1, 0.15) is 0 Å². The molecule has 0 atom stereocenters. The molecule has 0 radical (unpaired) electrons. The van der Waals surface area contributed by atoms with Gasteiger partial charge in [-0.2, -0.15) is 0 Å². The van der Waals surface area contributed by atoms with Crippen molar-refractivity contribution in [3.05, 3.63) is 71.6 Å². The fraction of sp³-hybridized carbons (Fsp3) is 0.0526. The summed E-state index contributed by atoms with van der Waals surface area (Å²) in [4.78, 5) is 13.0. The molecule has 5 nitrogen and oxygen atoms in total. The molecule has 0 aliphatic heterocycles. The SMILES string of the molecule is CSc1ccc(NC(=S)Nc2ccc(NC(=O)c3ccco3)cc2)cc1Cl. The zero-order chi connectivity index (χ0) is 19.2. The van der Waals surface area contributed by atoms with Gasteiger partial charge in [0.25, 0.3) is 5.91 Å². The minimum absolute atomic E-state index is 0.258. The van der Waals surface area contributed by atoms with E-state index in [1.807, 2.05) is 36.6 Å². The number of anilines is 3. The third kappa shape index (κ3) is 5.26.